The van der Waals surface area contributed by atoms with Gasteiger partial charge in [-0.15, -0.1) is 0 Å². The average Bonchev–Trinajstić information content (AvgIpc) is 3.70. The fourth-order valence-corrected chi connectivity index (χ4v) is 6.10. The summed E-state index contributed by atoms with van der Waals surface area (Å²) in [4.78, 5) is 17.5. The molecule has 8 nitrogen and oxygen atoms in total. The average molecular weight is 533 g/mol. The zero-order valence-electron chi connectivity index (χ0n) is 21.7. The van der Waals surface area contributed by atoms with E-state index in [2.05, 4.69) is 68.6 Å². The number of aromatic nitrogens is 7. The third-order valence-electron chi connectivity index (χ3n) is 7.36. The van der Waals surface area contributed by atoms with Crippen LogP contribution in [0.2, 0.25) is 0 Å². The number of aromatic amines is 1. The third-order valence-corrected chi connectivity index (χ3v) is 8.18. The topological polar surface area (TPSA) is 87.9 Å². The summed E-state index contributed by atoms with van der Waals surface area (Å²) in [5.74, 6) is 2.04. The van der Waals surface area contributed by atoms with Crippen molar-refractivity contribution in [3.63, 3.8) is 0 Å². The smallest absolute Gasteiger partial charge is 0.213 e. The molecule has 0 bridgehead atoms. The highest BCUT2D eigenvalue weighted by molar-refractivity contribution is 7.16. The minimum Gasteiger partial charge on any atom is -0.299 e. The van der Waals surface area contributed by atoms with Crippen LogP contribution in [0, 0.1) is 6.92 Å². The summed E-state index contributed by atoms with van der Waals surface area (Å²) in [7, 11) is 0. The second kappa shape index (κ2) is 10.2. The predicted molar refractivity (Wildman–Crippen MR) is 153 cm³/mol. The highest BCUT2D eigenvalue weighted by Crippen LogP contribution is 2.34. The number of fused-ring (bicyclic) bond motifs is 1. The van der Waals surface area contributed by atoms with Gasteiger partial charge >= 0.3 is 0 Å². The van der Waals surface area contributed by atoms with Gasteiger partial charge in [0, 0.05) is 29.8 Å². The van der Waals surface area contributed by atoms with Crippen molar-refractivity contribution in [2.24, 2.45) is 0 Å². The molecular weight excluding hydrogens is 504 g/mol. The second-order valence-electron chi connectivity index (χ2n) is 10.00. The lowest BCUT2D eigenvalue weighted by atomic mass is 9.95. The van der Waals surface area contributed by atoms with E-state index in [4.69, 9.17) is 15.1 Å². The molecule has 1 saturated heterocycles. The first kappa shape index (κ1) is 23.9. The van der Waals surface area contributed by atoms with Gasteiger partial charge in [-0.3, -0.25) is 15.0 Å². The summed E-state index contributed by atoms with van der Waals surface area (Å²) < 4.78 is 1.99. The van der Waals surface area contributed by atoms with Crippen molar-refractivity contribution in [2.75, 3.05) is 13.1 Å². The summed E-state index contributed by atoms with van der Waals surface area (Å²) in [6.07, 6.45) is 3.90. The Morgan fingerprint density at radius 3 is 2.46 bits per heavy atom. The number of benzene rings is 2. The van der Waals surface area contributed by atoms with E-state index >= 15 is 0 Å². The Morgan fingerprint density at radius 2 is 1.69 bits per heavy atom. The van der Waals surface area contributed by atoms with E-state index in [1.165, 1.54) is 5.56 Å². The van der Waals surface area contributed by atoms with E-state index in [0.29, 0.717) is 11.7 Å². The molecule has 0 amide bonds. The van der Waals surface area contributed by atoms with Crippen LogP contribution in [0.1, 0.15) is 35.2 Å². The van der Waals surface area contributed by atoms with Crippen LogP contribution in [0.15, 0.2) is 79.0 Å². The van der Waals surface area contributed by atoms with Crippen molar-refractivity contribution >= 4 is 16.3 Å². The Hall–Kier alpha value is -4.21. The molecule has 9 heteroatoms. The van der Waals surface area contributed by atoms with E-state index in [-0.39, 0.29) is 0 Å². The quantitative estimate of drug-likeness (QED) is 0.283. The van der Waals surface area contributed by atoms with Crippen LogP contribution in [-0.2, 0) is 6.54 Å². The molecule has 2 aromatic carbocycles. The van der Waals surface area contributed by atoms with Crippen LogP contribution >= 0.6 is 11.3 Å². The first-order valence-corrected chi connectivity index (χ1v) is 14.1. The Labute approximate surface area is 230 Å². The Balaban J connectivity index is 1.04. The number of aryl methyl sites for hydroxylation is 1. The summed E-state index contributed by atoms with van der Waals surface area (Å²) in [5.41, 5.74) is 6.37. The summed E-state index contributed by atoms with van der Waals surface area (Å²) >= 11 is 1.62. The molecular formula is C30H28N8S. The van der Waals surface area contributed by atoms with Crippen molar-refractivity contribution in [3.8, 4) is 34.0 Å². The first-order valence-electron chi connectivity index (χ1n) is 13.3. The van der Waals surface area contributed by atoms with Crippen molar-refractivity contribution in [1.82, 2.24) is 39.7 Å². The SMILES string of the molecule is Cc1nn2c(-c3ccc(CN4CCC(c5nc(-c6ccccn6)n[nH]5)CC4)cc3)c(-c3ccccc3)nc2s1. The van der Waals surface area contributed by atoms with Gasteiger partial charge in [-0.25, -0.2) is 14.5 Å². The zero-order chi connectivity index (χ0) is 26.2. The number of piperidine rings is 1. The summed E-state index contributed by atoms with van der Waals surface area (Å²) in [6.45, 7) is 5.03. The van der Waals surface area contributed by atoms with Crippen LogP contribution in [-0.4, -0.2) is 52.8 Å². The summed E-state index contributed by atoms with van der Waals surface area (Å²) in [5, 5.41) is 13.3. The van der Waals surface area contributed by atoms with E-state index in [0.717, 1.165) is 76.5 Å². The molecule has 1 aliphatic rings. The number of hydrogen-bond donors (Lipinski definition) is 1. The molecule has 1 aliphatic heterocycles. The van der Waals surface area contributed by atoms with E-state index in [1.807, 2.05) is 35.7 Å². The monoisotopic (exact) mass is 532 g/mol. The lowest BCUT2D eigenvalue weighted by Gasteiger charge is -2.30. The van der Waals surface area contributed by atoms with Gasteiger partial charge in [-0.2, -0.15) is 10.2 Å². The molecule has 194 valence electrons. The molecule has 39 heavy (non-hydrogen) atoms. The van der Waals surface area contributed by atoms with Gasteiger partial charge in [0.05, 0.1) is 0 Å². The Kier molecular flexibility index (Phi) is 6.22. The third kappa shape index (κ3) is 4.75. The highest BCUT2D eigenvalue weighted by atomic mass is 32.1. The maximum absolute atomic E-state index is 4.94. The molecule has 1 N–H and O–H groups in total. The maximum atomic E-state index is 4.94. The Bertz CT molecular complexity index is 1690. The minimum absolute atomic E-state index is 0.399. The molecule has 0 unspecified atom stereocenters. The molecule has 7 rings (SSSR count). The van der Waals surface area contributed by atoms with Crippen molar-refractivity contribution in [2.45, 2.75) is 32.2 Å². The molecule has 4 aromatic heterocycles. The molecule has 0 spiro atoms. The normalized spacial score (nSPS) is 14.8. The molecule has 0 radical (unpaired) electrons. The second-order valence-corrected chi connectivity index (χ2v) is 11.2. The van der Waals surface area contributed by atoms with E-state index in [9.17, 15) is 0 Å². The van der Waals surface area contributed by atoms with Crippen LogP contribution in [0.25, 0.3) is 39.0 Å². The summed E-state index contributed by atoms with van der Waals surface area (Å²) in [6, 6.07) is 25.1. The van der Waals surface area contributed by atoms with Gasteiger partial charge in [-0.05, 0) is 50.6 Å². The standard InChI is InChI=1S/C30H28N8S/c1-20-36-38-27(26(32-30(38)39-20)22-7-3-2-4-8-22)23-12-10-21(11-13-23)19-37-17-14-24(15-18-37)28-33-29(35-34-28)25-9-5-6-16-31-25/h2-13,16,24H,14-15,17-19H2,1H3,(H,33,34,35). The van der Waals surface area contributed by atoms with Crippen LogP contribution in [0.4, 0.5) is 0 Å². The number of nitrogens with one attached hydrogen (secondary N) is 1. The van der Waals surface area contributed by atoms with Crippen molar-refractivity contribution < 1.29 is 0 Å². The number of likely N-dealkylation sites (tertiary alicyclic amines) is 1. The van der Waals surface area contributed by atoms with Gasteiger partial charge < -0.3 is 0 Å². The maximum Gasteiger partial charge on any atom is 0.213 e. The highest BCUT2D eigenvalue weighted by Gasteiger charge is 2.24. The number of nitrogens with zero attached hydrogens (tertiary/aromatic N) is 7. The number of imidazole rings is 1. The number of pyridine rings is 1. The minimum atomic E-state index is 0.399. The molecule has 0 atom stereocenters. The lowest BCUT2D eigenvalue weighted by Crippen LogP contribution is -2.32. The van der Waals surface area contributed by atoms with Crippen LogP contribution in [0.3, 0.4) is 0 Å². The van der Waals surface area contributed by atoms with Gasteiger partial charge in [0.1, 0.15) is 27.9 Å². The molecule has 0 aliphatic carbocycles. The van der Waals surface area contributed by atoms with Gasteiger partial charge in [0.15, 0.2) is 5.82 Å². The van der Waals surface area contributed by atoms with E-state index < -0.39 is 0 Å². The number of rotatable bonds is 6. The molecule has 0 saturated carbocycles. The number of H-pyrrole nitrogens is 1. The first-order chi connectivity index (χ1) is 19.2. The molecule has 5 heterocycles. The fourth-order valence-electron chi connectivity index (χ4n) is 5.36. The Morgan fingerprint density at radius 1 is 0.897 bits per heavy atom. The zero-order valence-corrected chi connectivity index (χ0v) is 22.5. The lowest BCUT2D eigenvalue weighted by molar-refractivity contribution is 0.202. The van der Waals surface area contributed by atoms with Crippen LogP contribution < -0.4 is 0 Å². The molecule has 6 aromatic rings. The largest absolute Gasteiger partial charge is 0.299 e. The van der Waals surface area contributed by atoms with Gasteiger partial charge in [-0.1, -0.05) is 72.0 Å². The van der Waals surface area contributed by atoms with E-state index in [1.54, 1.807) is 17.5 Å². The van der Waals surface area contributed by atoms with Crippen molar-refractivity contribution in [1.29, 1.82) is 0 Å². The van der Waals surface area contributed by atoms with Crippen LogP contribution in [0.5, 0.6) is 0 Å². The fraction of sp³-hybridized carbons (Fsp3) is 0.233. The van der Waals surface area contributed by atoms with Gasteiger partial charge in [0.2, 0.25) is 4.96 Å². The van der Waals surface area contributed by atoms with Crippen molar-refractivity contribution in [3.05, 3.63) is 95.4 Å². The predicted octanol–water partition coefficient (Wildman–Crippen LogP) is 5.99. The van der Waals surface area contributed by atoms with Gasteiger partial charge in [0.25, 0.3) is 0 Å². The number of hydrogen-bond acceptors (Lipinski definition) is 7. The molecule has 1 fully saturated rings.